The first-order valence-electron chi connectivity index (χ1n) is 19.1. The summed E-state index contributed by atoms with van der Waals surface area (Å²) in [6.07, 6.45) is 44.6. The van der Waals surface area contributed by atoms with E-state index in [1.54, 1.807) is 0 Å². The molecule has 248 valence electrons. The monoisotopic (exact) mass is 590 g/mol. The van der Waals surface area contributed by atoms with E-state index in [1.807, 2.05) is 0 Å². The van der Waals surface area contributed by atoms with Crippen LogP contribution in [0.2, 0.25) is 0 Å². The summed E-state index contributed by atoms with van der Waals surface area (Å²) >= 11 is 0. The van der Waals surface area contributed by atoms with E-state index in [9.17, 15) is 0 Å². The summed E-state index contributed by atoms with van der Waals surface area (Å²) in [6, 6.07) is 0. The number of ether oxygens (including phenoxy) is 2. The maximum atomic E-state index is 6.35. The number of nitrogens with zero attached hydrogens (tertiary/aromatic N) is 1. The summed E-state index contributed by atoms with van der Waals surface area (Å²) in [5.74, 6) is 0. The Labute approximate surface area is 264 Å². The Bertz CT molecular complexity index is 569. The average Bonchev–Trinajstić information content (AvgIpc) is 3.52. The molecule has 0 aromatic rings. The van der Waals surface area contributed by atoms with Gasteiger partial charge >= 0.3 is 0 Å². The molecule has 1 saturated heterocycles. The van der Waals surface area contributed by atoms with Gasteiger partial charge in [0.15, 0.2) is 0 Å². The van der Waals surface area contributed by atoms with E-state index in [-0.39, 0.29) is 6.10 Å². The normalized spacial score (nSPS) is 15.1. The molecule has 1 rings (SSSR count). The Kier molecular flexibility index (Phi) is 31.2. The van der Waals surface area contributed by atoms with Gasteiger partial charge in [-0.05, 0) is 90.1 Å². The smallest absolute Gasteiger partial charge is 0.0934 e. The second kappa shape index (κ2) is 33.3. The predicted molar refractivity (Wildman–Crippen MR) is 187 cm³/mol. The highest BCUT2D eigenvalue weighted by atomic mass is 16.5. The molecule has 0 aliphatic carbocycles. The predicted octanol–water partition coefficient (Wildman–Crippen LogP) is 12.0. The molecule has 0 saturated carbocycles. The van der Waals surface area contributed by atoms with Crippen LogP contribution in [-0.2, 0) is 9.47 Å². The van der Waals surface area contributed by atoms with E-state index in [2.05, 4.69) is 43.1 Å². The molecule has 0 bridgehead atoms. The first-order chi connectivity index (χ1) is 20.9. The van der Waals surface area contributed by atoms with Crippen molar-refractivity contribution in [2.24, 2.45) is 0 Å². The van der Waals surface area contributed by atoms with Gasteiger partial charge in [0, 0.05) is 19.8 Å². The fourth-order valence-electron chi connectivity index (χ4n) is 5.97. The maximum absolute atomic E-state index is 6.35. The highest BCUT2D eigenvalue weighted by molar-refractivity contribution is 4.82. The zero-order valence-electron chi connectivity index (χ0n) is 28.8. The molecule has 0 radical (unpaired) electrons. The van der Waals surface area contributed by atoms with Crippen molar-refractivity contribution in [3.8, 4) is 0 Å². The van der Waals surface area contributed by atoms with Crippen LogP contribution in [0.4, 0.5) is 0 Å². The molecular formula is C39H75NO2. The van der Waals surface area contributed by atoms with E-state index in [4.69, 9.17) is 9.47 Å². The quantitative estimate of drug-likeness (QED) is 0.0561. The fourth-order valence-corrected chi connectivity index (χ4v) is 5.97. The van der Waals surface area contributed by atoms with Crippen LogP contribution in [0.15, 0.2) is 24.3 Å². The van der Waals surface area contributed by atoms with Crippen molar-refractivity contribution in [3.63, 3.8) is 0 Å². The summed E-state index contributed by atoms with van der Waals surface area (Å²) in [5.41, 5.74) is 0. The summed E-state index contributed by atoms with van der Waals surface area (Å²) in [7, 11) is 0. The van der Waals surface area contributed by atoms with Crippen LogP contribution < -0.4 is 0 Å². The van der Waals surface area contributed by atoms with E-state index >= 15 is 0 Å². The third-order valence-corrected chi connectivity index (χ3v) is 8.77. The largest absolute Gasteiger partial charge is 0.379 e. The molecular weight excluding hydrogens is 514 g/mol. The number of hydrogen-bond acceptors (Lipinski definition) is 3. The molecule has 0 amide bonds. The molecule has 3 nitrogen and oxygen atoms in total. The van der Waals surface area contributed by atoms with Crippen molar-refractivity contribution in [3.05, 3.63) is 24.3 Å². The number of likely N-dealkylation sites (tertiary alicyclic amines) is 1. The Morgan fingerprint density at radius 1 is 0.500 bits per heavy atom. The molecule has 0 spiro atoms. The number of rotatable bonds is 33. The van der Waals surface area contributed by atoms with Gasteiger partial charge in [-0.1, -0.05) is 128 Å². The van der Waals surface area contributed by atoms with Crippen LogP contribution in [0.5, 0.6) is 0 Å². The number of allylic oxidation sites excluding steroid dienone is 4. The van der Waals surface area contributed by atoms with E-state index in [0.29, 0.717) is 0 Å². The Hall–Kier alpha value is -0.640. The van der Waals surface area contributed by atoms with Gasteiger partial charge in [0.1, 0.15) is 0 Å². The average molecular weight is 590 g/mol. The van der Waals surface area contributed by atoms with Gasteiger partial charge in [0.05, 0.1) is 12.7 Å². The molecule has 0 aromatic heterocycles. The van der Waals surface area contributed by atoms with Gasteiger partial charge in [-0.25, -0.2) is 0 Å². The first-order valence-corrected chi connectivity index (χ1v) is 19.1. The van der Waals surface area contributed by atoms with Crippen LogP contribution >= 0.6 is 0 Å². The summed E-state index contributed by atoms with van der Waals surface area (Å²) < 4.78 is 12.5. The van der Waals surface area contributed by atoms with E-state index < -0.39 is 0 Å². The van der Waals surface area contributed by atoms with Crippen LogP contribution in [0, 0.1) is 0 Å². The molecule has 3 heteroatoms. The van der Waals surface area contributed by atoms with Gasteiger partial charge in [-0.15, -0.1) is 0 Å². The summed E-state index contributed by atoms with van der Waals surface area (Å²) in [4.78, 5) is 2.58. The van der Waals surface area contributed by atoms with E-state index in [0.717, 1.165) is 26.4 Å². The molecule has 1 fully saturated rings. The summed E-state index contributed by atoms with van der Waals surface area (Å²) in [5, 5.41) is 0. The lowest BCUT2D eigenvalue weighted by atomic mass is 10.1. The van der Waals surface area contributed by atoms with Crippen LogP contribution in [0.1, 0.15) is 181 Å². The third-order valence-electron chi connectivity index (χ3n) is 8.77. The maximum Gasteiger partial charge on any atom is 0.0934 e. The van der Waals surface area contributed by atoms with Crippen molar-refractivity contribution in [2.75, 3.05) is 39.5 Å². The molecule has 1 aliphatic heterocycles. The molecule has 0 N–H and O–H groups in total. The van der Waals surface area contributed by atoms with E-state index in [1.165, 1.54) is 180 Å². The first kappa shape index (κ1) is 39.4. The lowest BCUT2D eigenvalue weighted by Gasteiger charge is -2.24. The van der Waals surface area contributed by atoms with Crippen molar-refractivity contribution in [1.82, 2.24) is 4.90 Å². The fraction of sp³-hybridized carbons (Fsp3) is 0.897. The minimum absolute atomic E-state index is 0.247. The molecule has 1 unspecified atom stereocenters. The van der Waals surface area contributed by atoms with Gasteiger partial charge in [-0.3, -0.25) is 0 Å². The lowest BCUT2D eigenvalue weighted by Crippen LogP contribution is -2.35. The van der Waals surface area contributed by atoms with Gasteiger partial charge < -0.3 is 14.4 Å². The van der Waals surface area contributed by atoms with Crippen LogP contribution in [-0.4, -0.2) is 50.5 Å². The SMILES string of the molecule is CCCCCC/C=C\CCCCCCCCOCC(CN1CCCC1)OCCCCCCCC/C=C\CCCCCC. The zero-order valence-corrected chi connectivity index (χ0v) is 28.8. The lowest BCUT2D eigenvalue weighted by molar-refractivity contribution is -0.0316. The van der Waals surface area contributed by atoms with Gasteiger partial charge in [0.2, 0.25) is 0 Å². The third kappa shape index (κ3) is 28.1. The van der Waals surface area contributed by atoms with Crippen molar-refractivity contribution < 1.29 is 9.47 Å². The minimum atomic E-state index is 0.247. The Morgan fingerprint density at radius 3 is 1.38 bits per heavy atom. The van der Waals surface area contributed by atoms with Crippen molar-refractivity contribution in [2.45, 2.75) is 187 Å². The van der Waals surface area contributed by atoms with Crippen LogP contribution in [0.25, 0.3) is 0 Å². The summed E-state index contributed by atoms with van der Waals surface area (Å²) in [6.45, 7) is 10.7. The minimum Gasteiger partial charge on any atom is -0.379 e. The standard InChI is InChI=1S/C39H75NO2/c1-3-5-7-9-11-13-15-17-19-21-23-25-27-31-35-41-38-39(37-40-33-29-30-34-40)42-36-32-28-26-24-22-20-18-16-14-12-10-8-6-4-2/h13-16,39H,3-12,17-38H2,1-2H3/b15-13-,16-14-. The molecule has 0 aromatic carbocycles. The van der Waals surface area contributed by atoms with Crippen molar-refractivity contribution in [1.29, 1.82) is 0 Å². The second-order valence-electron chi connectivity index (χ2n) is 13.0. The van der Waals surface area contributed by atoms with Gasteiger partial charge in [0.25, 0.3) is 0 Å². The Balaban J connectivity index is 1.96. The van der Waals surface area contributed by atoms with Crippen molar-refractivity contribution >= 4 is 0 Å². The topological polar surface area (TPSA) is 21.7 Å². The zero-order chi connectivity index (χ0) is 30.0. The van der Waals surface area contributed by atoms with Crippen LogP contribution in [0.3, 0.4) is 0 Å². The molecule has 1 aliphatic rings. The Morgan fingerprint density at radius 2 is 0.905 bits per heavy atom. The number of unbranched alkanes of at least 4 members (excludes halogenated alkanes) is 20. The molecule has 42 heavy (non-hydrogen) atoms. The highest BCUT2D eigenvalue weighted by Crippen LogP contribution is 2.13. The molecule has 1 atom stereocenters. The number of hydrogen-bond donors (Lipinski definition) is 0. The molecule has 1 heterocycles. The van der Waals surface area contributed by atoms with Gasteiger partial charge in [-0.2, -0.15) is 0 Å². The second-order valence-corrected chi connectivity index (χ2v) is 13.0. The highest BCUT2D eigenvalue weighted by Gasteiger charge is 2.18.